The van der Waals surface area contributed by atoms with E-state index in [1.54, 1.807) is 4.68 Å². The molecular formula is C47H52N2O3Sn. The monoisotopic (exact) mass is 812 g/mol. The number of carbonyl (C=O) groups is 1. The number of carbonyl (C=O) groups excluding carboxylic acids is 1. The molecule has 6 rings (SSSR count). The molecule has 1 heterocycles. The fourth-order valence-electron chi connectivity index (χ4n) is 8.11. The van der Waals surface area contributed by atoms with Gasteiger partial charge in [0.1, 0.15) is 0 Å². The van der Waals surface area contributed by atoms with Crippen LogP contribution < -0.4 is 4.74 Å². The third kappa shape index (κ3) is 8.95. The van der Waals surface area contributed by atoms with Gasteiger partial charge in [0.25, 0.3) is 0 Å². The van der Waals surface area contributed by atoms with Gasteiger partial charge in [0.05, 0.1) is 0 Å². The van der Waals surface area contributed by atoms with Crippen LogP contribution >= 0.6 is 0 Å². The van der Waals surface area contributed by atoms with Crippen molar-refractivity contribution in [1.82, 2.24) is 9.78 Å². The van der Waals surface area contributed by atoms with Gasteiger partial charge >= 0.3 is 322 Å². The van der Waals surface area contributed by atoms with Crippen LogP contribution in [0, 0.1) is 6.92 Å². The summed E-state index contributed by atoms with van der Waals surface area (Å²) in [5.74, 6) is 0.620. The number of para-hydroxylation sites is 2. The first kappa shape index (κ1) is 38.1. The molecule has 53 heavy (non-hydrogen) atoms. The summed E-state index contributed by atoms with van der Waals surface area (Å²) in [7, 11) is 0. The van der Waals surface area contributed by atoms with Crippen LogP contribution in [0.5, 0.6) is 11.6 Å². The van der Waals surface area contributed by atoms with Crippen LogP contribution in [0.15, 0.2) is 152 Å². The van der Waals surface area contributed by atoms with E-state index in [9.17, 15) is 0 Å². The molecule has 0 bridgehead atoms. The van der Waals surface area contributed by atoms with Gasteiger partial charge < -0.3 is 0 Å². The first-order valence-electron chi connectivity index (χ1n) is 18.6. The number of aryl methyl sites for hydroxylation is 1. The molecule has 5 nitrogen and oxygen atoms in total. The quantitative estimate of drug-likeness (QED) is 0.103. The number of aromatic nitrogens is 2. The van der Waals surface area contributed by atoms with Gasteiger partial charge in [0.2, 0.25) is 0 Å². The van der Waals surface area contributed by atoms with Gasteiger partial charge in [-0.25, -0.2) is 0 Å². The number of rotatable bonds is 14. The average Bonchev–Trinajstić information content (AvgIpc) is 3.48. The van der Waals surface area contributed by atoms with Crippen molar-refractivity contribution in [2.24, 2.45) is 0 Å². The maximum absolute atomic E-state index is 15.3. The van der Waals surface area contributed by atoms with Crippen LogP contribution in [0.3, 0.4) is 0 Å². The van der Waals surface area contributed by atoms with E-state index in [-0.39, 0.29) is 22.2 Å². The Hall–Kier alpha value is -4.62. The molecule has 0 aliphatic rings. The normalized spacial score (nSPS) is 12.4. The zero-order valence-electron chi connectivity index (χ0n) is 32.2. The van der Waals surface area contributed by atoms with Gasteiger partial charge in [-0.2, -0.15) is 0 Å². The summed E-state index contributed by atoms with van der Waals surface area (Å²) in [6.07, 6.45) is 0. The molecule has 0 fully saturated rings. The van der Waals surface area contributed by atoms with Crippen molar-refractivity contribution in [2.75, 3.05) is 0 Å². The zero-order valence-corrected chi connectivity index (χ0v) is 35.0. The summed E-state index contributed by atoms with van der Waals surface area (Å²) in [6.45, 7) is 15.8. The van der Waals surface area contributed by atoms with E-state index in [2.05, 4.69) is 133 Å². The molecule has 6 aromatic rings. The maximum atomic E-state index is 15.3. The number of nitrogens with zero attached hydrogens (tertiary/aromatic N) is 2. The molecule has 0 saturated carbocycles. The summed E-state index contributed by atoms with van der Waals surface area (Å²) < 4.78 is 18.1. The Morgan fingerprint density at radius 3 is 1.32 bits per heavy atom. The van der Waals surface area contributed by atoms with Crippen LogP contribution in [0.1, 0.15) is 74.3 Å². The average molecular weight is 812 g/mol. The minimum absolute atomic E-state index is 0.260. The number of ether oxygens (including phenoxy) is 1. The summed E-state index contributed by atoms with van der Waals surface area (Å²) in [4.78, 5) is 15.3. The molecule has 1 aromatic heterocycles. The van der Waals surface area contributed by atoms with Gasteiger partial charge in [0, 0.05) is 0 Å². The number of hydrogen-bond acceptors (Lipinski definition) is 4. The predicted molar refractivity (Wildman–Crippen MR) is 219 cm³/mol. The first-order chi connectivity index (χ1) is 25.3. The summed E-state index contributed by atoms with van der Waals surface area (Å²) in [5.41, 5.74) is 4.69. The van der Waals surface area contributed by atoms with Crippen molar-refractivity contribution >= 4 is 24.8 Å². The van der Waals surface area contributed by atoms with Crippen molar-refractivity contribution in [1.29, 1.82) is 0 Å². The zero-order chi connectivity index (χ0) is 37.7. The molecule has 5 aromatic carbocycles. The van der Waals surface area contributed by atoms with Crippen LogP contribution in [-0.2, 0) is 19.3 Å². The Labute approximate surface area is 320 Å². The third-order valence-electron chi connectivity index (χ3n) is 10.4. The SMILES string of the molecule is Cc1nn(-c2ccccc2)c(Oc2ccccc2)c1C(=O)[O][Sn]([CH2]C(C)(C)c1ccccc1)([CH2]C(C)(C)c1ccccc1)[CH2]C(C)(C)c1ccccc1. The van der Waals surface area contributed by atoms with Gasteiger partial charge in [-0.3, -0.25) is 0 Å². The van der Waals surface area contributed by atoms with E-state index >= 15 is 4.79 Å². The van der Waals surface area contributed by atoms with Crippen LogP contribution in [-0.4, -0.2) is 34.5 Å². The fraction of sp³-hybridized carbons (Fsp3) is 0.277. The number of benzene rings is 5. The first-order valence-corrected chi connectivity index (χ1v) is 25.8. The van der Waals surface area contributed by atoms with E-state index < -0.39 is 18.8 Å². The molecule has 0 N–H and O–H groups in total. The fourth-order valence-corrected chi connectivity index (χ4v) is 26.8. The Morgan fingerprint density at radius 2 is 0.925 bits per heavy atom. The van der Waals surface area contributed by atoms with E-state index in [1.807, 2.05) is 67.6 Å². The molecule has 6 heteroatoms. The third-order valence-corrected chi connectivity index (χ3v) is 25.3. The summed E-state index contributed by atoms with van der Waals surface area (Å²) in [6, 6.07) is 51.5. The van der Waals surface area contributed by atoms with Crippen molar-refractivity contribution < 1.29 is 12.6 Å². The Bertz CT molecular complexity index is 1960. The second kappa shape index (κ2) is 15.8. The standard InChI is InChI=1S/C17H14N2O3.3C10H13.Sn/c1-12-15(17(20)21)16(22-14-10-6-3-7-11-14)19(18-12)13-8-4-2-5-9-13;3*1-10(2,3)9-7-5-4-6-8-9;/h2-11H,1H3,(H,20,21);3*4-8H,1H2,2-3H3;/q;;;;+1/p-1. The number of hydrogen-bond donors (Lipinski definition) is 0. The van der Waals surface area contributed by atoms with Gasteiger partial charge in [0.15, 0.2) is 0 Å². The molecule has 0 spiro atoms. The molecule has 0 amide bonds. The molecule has 0 saturated heterocycles. The van der Waals surface area contributed by atoms with Crippen LogP contribution in [0.2, 0.25) is 13.3 Å². The Kier molecular flexibility index (Phi) is 11.3. The summed E-state index contributed by atoms with van der Waals surface area (Å²) in [5, 5.41) is 4.91. The van der Waals surface area contributed by atoms with Crippen molar-refractivity contribution in [3.63, 3.8) is 0 Å². The molecule has 0 radical (unpaired) electrons. The van der Waals surface area contributed by atoms with E-state index in [0.29, 0.717) is 22.9 Å². The molecule has 0 unspecified atom stereocenters. The van der Waals surface area contributed by atoms with Gasteiger partial charge in [-0.1, -0.05) is 0 Å². The van der Waals surface area contributed by atoms with Gasteiger partial charge in [-0.15, -0.1) is 0 Å². The minimum atomic E-state index is -4.27. The second-order valence-electron chi connectivity index (χ2n) is 16.3. The molecule has 0 atom stereocenters. The van der Waals surface area contributed by atoms with E-state index in [4.69, 9.17) is 12.9 Å². The second-order valence-corrected chi connectivity index (χ2v) is 26.6. The Morgan fingerprint density at radius 1 is 0.566 bits per heavy atom. The van der Waals surface area contributed by atoms with E-state index in [0.717, 1.165) is 19.0 Å². The summed E-state index contributed by atoms with van der Waals surface area (Å²) >= 11 is -4.27. The molecule has 272 valence electrons. The van der Waals surface area contributed by atoms with Gasteiger partial charge in [-0.05, 0) is 0 Å². The molecule has 0 aliphatic carbocycles. The molecular weight excluding hydrogens is 759 g/mol. The van der Waals surface area contributed by atoms with Crippen LogP contribution in [0.25, 0.3) is 5.69 Å². The predicted octanol–water partition coefficient (Wildman–Crippen LogP) is 12.0. The topological polar surface area (TPSA) is 53.4 Å². The van der Waals surface area contributed by atoms with Crippen molar-refractivity contribution in [3.8, 4) is 17.3 Å². The Balaban J connectivity index is 1.53. The molecule has 0 aliphatic heterocycles. The van der Waals surface area contributed by atoms with E-state index in [1.165, 1.54) is 16.7 Å². The van der Waals surface area contributed by atoms with Crippen molar-refractivity contribution in [3.05, 3.63) is 180 Å². The van der Waals surface area contributed by atoms with Crippen molar-refractivity contribution in [2.45, 2.75) is 78.0 Å². The van der Waals surface area contributed by atoms with Crippen LogP contribution in [0.4, 0.5) is 0 Å².